The molecule has 0 radical (unpaired) electrons. The first-order valence-electron chi connectivity index (χ1n) is 10.7. The van der Waals surface area contributed by atoms with Gasteiger partial charge in [0.15, 0.2) is 0 Å². The summed E-state index contributed by atoms with van der Waals surface area (Å²) in [7, 11) is 0. The predicted octanol–water partition coefficient (Wildman–Crippen LogP) is 6.89. The van der Waals surface area contributed by atoms with E-state index in [0.717, 1.165) is 47.9 Å². The minimum absolute atomic E-state index is 0.344. The Kier molecular flexibility index (Phi) is 6.36. The van der Waals surface area contributed by atoms with Crippen molar-refractivity contribution in [2.75, 3.05) is 5.43 Å². The number of ether oxygens (including phenoxy) is 1. The van der Waals surface area contributed by atoms with Crippen molar-refractivity contribution in [2.45, 2.75) is 6.61 Å². The molecule has 5 rings (SSSR count). The van der Waals surface area contributed by atoms with E-state index in [2.05, 4.69) is 39.2 Å². The number of hydrazone groups is 1. The number of nitriles is 1. The van der Waals surface area contributed by atoms with Gasteiger partial charge in [0.25, 0.3) is 0 Å². The average Bonchev–Trinajstić information content (AvgIpc) is 2.88. The van der Waals surface area contributed by atoms with Crippen molar-refractivity contribution in [3.8, 4) is 11.8 Å². The van der Waals surface area contributed by atoms with Crippen LogP contribution >= 0.6 is 22.6 Å². The molecule has 0 aliphatic carbocycles. The average molecular weight is 554 g/mol. The van der Waals surface area contributed by atoms with Crippen LogP contribution in [0.1, 0.15) is 16.7 Å². The van der Waals surface area contributed by atoms with Crippen LogP contribution in [0.4, 0.5) is 5.69 Å². The number of nitrogens with one attached hydrogen (secondary N) is 1. The van der Waals surface area contributed by atoms with Crippen LogP contribution in [0.25, 0.3) is 21.8 Å². The normalized spacial score (nSPS) is 11.1. The lowest BCUT2D eigenvalue weighted by Gasteiger charge is -2.11. The van der Waals surface area contributed by atoms with Crippen LogP contribution in [0.5, 0.6) is 5.75 Å². The summed E-state index contributed by atoms with van der Waals surface area (Å²) in [5.74, 6) is 0.768. The number of halogens is 1. The van der Waals surface area contributed by atoms with Gasteiger partial charge in [0, 0.05) is 16.3 Å². The van der Waals surface area contributed by atoms with Crippen molar-refractivity contribution >= 4 is 56.3 Å². The lowest BCUT2D eigenvalue weighted by atomic mass is 10.1. The molecule has 4 aromatic carbocycles. The van der Waals surface area contributed by atoms with Crippen LogP contribution in [-0.4, -0.2) is 11.2 Å². The molecule has 1 aromatic heterocycles. The Morgan fingerprint density at radius 3 is 2.29 bits per heavy atom. The van der Waals surface area contributed by atoms with Crippen LogP contribution in [0, 0.1) is 14.9 Å². The van der Waals surface area contributed by atoms with Gasteiger partial charge in [-0.1, -0.05) is 54.6 Å². The number of hydrogen-bond donors (Lipinski definition) is 1. The first kappa shape index (κ1) is 21.9. The molecule has 0 aliphatic rings. The van der Waals surface area contributed by atoms with Crippen molar-refractivity contribution in [1.29, 1.82) is 5.26 Å². The van der Waals surface area contributed by atoms with E-state index in [1.165, 1.54) is 0 Å². The third kappa shape index (κ3) is 4.56. The van der Waals surface area contributed by atoms with E-state index in [4.69, 9.17) is 9.72 Å². The molecule has 0 unspecified atom stereocenters. The fraction of sp³-hybridized carbons (Fsp3) is 0.0357. The number of fused-ring (bicyclic) bond motifs is 2. The Morgan fingerprint density at radius 2 is 1.59 bits per heavy atom. The number of nitrogens with zero attached hydrogens (tertiary/aromatic N) is 3. The van der Waals surface area contributed by atoms with Crippen molar-refractivity contribution < 1.29 is 4.74 Å². The van der Waals surface area contributed by atoms with Gasteiger partial charge < -0.3 is 4.74 Å². The molecule has 0 spiro atoms. The van der Waals surface area contributed by atoms with Crippen LogP contribution < -0.4 is 10.2 Å². The Balaban J connectivity index is 1.35. The standard InChI is InChI=1S/C28H19IN4O/c29-24-15-19(13-14-27(24)34-18-21-8-2-1-7-20(21)16-30)17-31-33-28-22-9-3-5-11-25(22)32-26-12-6-4-10-23(26)28/h1-15,17H,18H2,(H,32,33)/b31-17+. The highest BCUT2D eigenvalue weighted by atomic mass is 127. The maximum Gasteiger partial charge on any atom is 0.133 e. The zero-order chi connectivity index (χ0) is 23.3. The van der Waals surface area contributed by atoms with E-state index >= 15 is 0 Å². The monoisotopic (exact) mass is 554 g/mol. The maximum atomic E-state index is 9.26. The third-order valence-corrected chi connectivity index (χ3v) is 6.30. The molecule has 5 nitrogen and oxygen atoms in total. The molecule has 0 saturated carbocycles. The zero-order valence-corrected chi connectivity index (χ0v) is 20.2. The fourth-order valence-corrected chi connectivity index (χ4v) is 4.45. The number of rotatable bonds is 6. The van der Waals surface area contributed by atoms with Gasteiger partial charge in [-0.15, -0.1) is 0 Å². The Bertz CT molecular complexity index is 1520. The van der Waals surface area contributed by atoms with Crippen molar-refractivity contribution in [1.82, 2.24) is 4.98 Å². The lowest BCUT2D eigenvalue weighted by Crippen LogP contribution is -2.00. The van der Waals surface area contributed by atoms with E-state index < -0.39 is 0 Å². The lowest BCUT2D eigenvalue weighted by molar-refractivity contribution is 0.303. The zero-order valence-electron chi connectivity index (χ0n) is 18.1. The molecule has 0 saturated heterocycles. The van der Waals surface area contributed by atoms with Gasteiger partial charge in [-0.25, -0.2) is 4.98 Å². The summed E-state index contributed by atoms with van der Waals surface area (Å²) in [6.45, 7) is 0.344. The van der Waals surface area contributed by atoms with Crippen molar-refractivity contribution in [3.63, 3.8) is 0 Å². The summed E-state index contributed by atoms with van der Waals surface area (Å²) in [6.07, 6.45) is 1.79. The van der Waals surface area contributed by atoms with Crippen molar-refractivity contribution in [3.05, 3.63) is 111 Å². The second-order valence-corrected chi connectivity index (χ2v) is 8.80. The van der Waals surface area contributed by atoms with Crippen LogP contribution in [0.3, 0.4) is 0 Å². The topological polar surface area (TPSA) is 70.3 Å². The predicted molar refractivity (Wildman–Crippen MR) is 145 cm³/mol. The third-order valence-electron chi connectivity index (χ3n) is 5.45. The summed E-state index contributed by atoms with van der Waals surface area (Å²) in [6, 6.07) is 31.7. The van der Waals surface area contributed by atoms with E-state index in [0.29, 0.717) is 12.2 Å². The van der Waals surface area contributed by atoms with Gasteiger partial charge in [0.1, 0.15) is 12.4 Å². The quantitative estimate of drug-likeness (QED) is 0.107. The molecule has 0 aliphatic heterocycles. The SMILES string of the molecule is N#Cc1ccccc1COc1ccc(/C=N/Nc2c3ccccc3nc3ccccc23)cc1I. The van der Waals surface area contributed by atoms with Gasteiger partial charge in [-0.3, -0.25) is 5.43 Å². The number of hydrogen-bond acceptors (Lipinski definition) is 5. The number of pyridine rings is 1. The molecular formula is C28H19IN4O. The second kappa shape index (κ2) is 9.89. The molecule has 164 valence electrons. The molecule has 0 atom stereocenters. The molecule has 5 aromatic rings. The summed E-state index contributed by atoms with van der Waals surface area (Å²) < 4.78 is 6.93. The second-order valence-electron chi connectivity index (χ2n) is 7.64. The summed E-state index contributed by atoms with van der Waals surface area (Å²) in [5.41, 5.74) is 8.46. The molecule has 1 N–H and O–H groups in total. The highest BCUT2D eigenvalue weighted by Crippen LogP contribution is 2.30. The first-order chi connectivity index (χ1) is 16.7. The largest absolute Gasteiger partial charge is 0.488 e. The highest BCUT2D eigenvalue weighted by Gasteiger charge is 2.08. The molecule has 6 heteroatoms. The molecule has 0 bridgehead atoms. The minimum Gasteiger partial charge on any atom is -0.488 e. The molecule has 0 fully saturated rings. The Hall–Kier alpha value is -3.96. The van der Waals surface area contributed by atoms with E-state index in [1.807, 2.05) is 84.9 Å². The minimum atomic E-state index is 0.344. The summed E-state index contributed by atoms with van der Waals surface area (Å²) in [5, 5.41) is 15.8. The molecule has 0 amide bonds. The van der Waals surface area contributed by atoms with Gasteiger partial charge in [-0.05, 0) is 64.6 Å². The van der Waals surface area contributed by atoms with Gasteiger partial charge in [0.2, 0.25) is 0 Å². The van der Waals surface area contributed by atoms with Crippen molar-refractivity contribution in [2.24, 2.45) is 5.10 Å². The van der Waals surface area contributed by atoms with Gasteiger partial charge in [0.05, 0.1) is 38.1 Å². The summed E-state index contributed by atoms with van der Waals surface area (Å²) in [4.78, 5) is 4.75. The smallest absolute Gasteiger partial charge is 0.133 e. The first-order valence-corrected chi connectivity index (χ1v) is 11.8. The molecular weight excluding hydrogens is 535 g/mol. The molecule has 34 heavy (non-hydrogen) atoms. The van der Waals surface area contributed by atoms with Gasteiger partial charge in [-0.2, -0.15) is 10.4 Å². The van der Waals surface area contributed by atoms with Crippen LogP contribution in [0.2, 0.25) is 0 Å². The molecule has 1 heterocycles. The Labute approximate surface area is 210 Å². The highest BCUT2D eigenvalue weighted by molar-refractivity contribution is 14.1. The van der Waals surface area contributed by atoms with E-state index in [-0.39, 0.29) is 0 Å². The van der Waals surface area contributed by atoms with Crippen LogP contribution in [-0.2, 0) is 6.61 Å². The maximum absolute atomic E-state index is 9.26. The number of para-hydroxylation sites is 2. The summed E-state index contributed by atoms with van der Waals surface area (Å²) >= 11 is 2.25. The number of anilines is 1. The van der Waals surface area contributed by atoms with Gasteiger partial charge >= 0.3 is 0 Å². The van der Waals surface area contributed by atoms with Crippen LogP contribution in [0.15, 0.2) is 96.1 Å². The Morgan fingerprint density at radius 1 is 0.912 bits per heavy atom. The number of benzene rings is 4. The van der Waals surface area contributed by atoms with E-state index in [9.17, 15) is 5.26 Å². The van der Waals surface area contributed by atoms with E-state index in [1.54, 1.807) is 12.3 Å². The number of aromatic nitrogens is 1. The fourth-order valence-electron chi connectivity index (χ4n) is 3.76.